The van der Waals surface area contributed by atoms with Crippen LogP contribution in [-0.4, -0.2) is 46.7 Å². The Morgan fingerprint density at radius 2 is 1.86 bits per heavy atom. The molecule has 152 valence electrons. The SMILES string of the molecule is O=C(O)COC1(c2ccc(Br)nc2)CC2(CN(C(=O)OCc3ccccc3)C2)C1. The average molecular weight is 461 g/mol. The Morgan fingerprint density at radius 3 is 2.48 bits per heavy atom. The highest BCUT2D eigenvalue weighted by Crippen LogP contribution is 2.60. The summed E-state index contributed by atoms with van der Waals surface area (Å²) in [6.07, 6.45) is 2.69. The molecule has 2 aromatic rings. The van der Waals surface area contributed by atoms with Crippen molar-refractivity contribution in [3.63, 3.8) is 0 Å². The lowest BCUT2D eigenvalue weighted by Gasteiger charge is -2.63. The Hall–Kier alpha value is -2.45. The van der Waals surface area contributed by atoms with E-state index in [1.165, 1.54) is 0 Å². The first-order valence-electron chi connectivity index (χ1n) is 9.33. The number of carbonyl (C=O) groups excluding carboxylic acids is 1. The first-order valence-corrected chi connectivity index (χ1v) is 10.1. The zero-order valence-electron chi connectivity index (χ0n) is 15.7. The third-order valence-electron chi connectivity index (χ3n) is 5.56. The van der Waals surface area contributed by atoms with Gasteiger partial charge in [0.25, 0.3) is 0 Å². The monoisotopic (exact) mass is 460 g/mol. The second-order valence-corrected chi connectivity index (χ2v) is 8.61. The molecule has 1 amide bonds. The first kappa shape index (κ1) is 19.8. The van der Waals surface area contributed by atoms with Crippen molar-refractivity contribution >= 4 is 28.0 Å². The largest absolute Gasteiger partial charge is 0.480 e. The van der Waals surface area contributed by atoms with E-state index in [4.69, 9.17) is 14.6 Å². The summed E-state index contributed by atoms with van der Waals surface area (Å²) in [6.45, 7) is 1.06. The molecule has 4 rings (SSSR count). The van der Waals surface area contributed by atoms with E-state index >= 15 is 0 Å². The number of aliphatic carboxylic acids is 1. The van der Waals surface area contributed by atoms with Gasteiger partial charge in [0.1, 0.15) is 17.8 Å². The minimum atomic E-state index is -1.00. The number of carbonyl (C=O) groups is 2. The minimum absolute atomic E-state index is 0.0582. The van der Waals surface area contributed by atoms with Gasteiger partial charge in [0, 0.05) is 30.3 Å². The maximum Gasteiger partial charge on any atom is 0.410 e. The van der Waals surface area contributed by atoms with Crippen molar-refractivity contribution < 1.29 is 24.2 Å². The fraction of sp³-hybridized carbons (Fsp3) is 0.381. The summed E-state index contributed by atoms with van der Waals surface area (Å²) in [5.41, 5.74) is 1.07. The van der Waals surface area contributed by atoms with E-state index in [0.29, 0.717) is 30.5 Å². The second-order valence-electron chi connectivity index (χ2n) is 7.80. The lowest BCUT2D eigenvalue weighted by atomic mass is 9.53. The zero-order chi connectivity index (χ0) is 20.5. The quantitative estimate of drug-likeness (QED) is 0.662. The zero-order valence-corrected chi connectivity index (χ0v) is 17.3. The molecule has 1 aliphatic carbocycles. The standard InChI is InChI=1S/C21H21BrN2O5/c22-17-7-6-16(8-23-17)21(29-10-18(25)26)11-20(12-21)13-24(14-20)19(27)28-9-15-4-2-1-3-5-15/h1-8H,9-14H2,(H,25,26). The molecule has 0 bridgehead atoms. The average Bonchev–Trinajstić information content (AvgIpc) is 2.65. The maximum absolute atomic E-state index is 12.3. The van der Waals surface area contributed by atoms with Gasteiger partial charge in [-0.3, -0.25) is 0 Å². The number of pyridine rings is 1. The Kier molecular flexibility index (Phi) is 5.31. The molecule has 1 aromatic heterocycles. The number of halogens is 1. The van der Waals surface area contributed by atoms with Gasteiger partial charge in [-0.25, -0.2) is 14.6 Å². The lowest BCUT2D eigenvalue weighted by Crippen LogP contribution is -2.68. The fourth-order valence-electron chi connectivity index (χ4n) is 4.32. The molecule has 1 saturated heterocycles. The number of amides is 1. The van der Waals surface area contributed by atoms with Crippen LogP contribution in [0.5, 0.6) is 0 Å². The van der Waals surface area contributed by atoms with Crippen LogP contribution in [0.2, 0.25) is 0 Å². The van der Waals surface area contributed by atoms with Crippen molar-refractivity contribution in [3.8, 4) is 0 Å². The molecule has 2 aliphatic rings. The number of benzene rings is 1. The molecule has 1 aromatic carbocycles. The molecule has 0 atom stereocenters. The van der Waals surface area contributed by atoms with Crippen LogP contribution in [0.15, 0.2) is 53.3 Å². The maximum atomic E-state index is 12.3. The van der Waals surface area contributed by atoms with Crippen LogP contribution in [-0.2, 0) is 26.5 Å². The van der Waals surface area contributed by atoms with Gasteiger partial charge in [-0.1, -0.05) is 36.4 Å². The molecule has 0 unspecified atom stereocenters. The molecule has 2 heterocycles. The summed E-state index contributed by atoms with van der Waals surface area (Å²) in [5.74, 6) is -1.00. The van der Waals surface area contributed by atoms with E-state index in [2.05, 4.69) is 20.9 Å². The number of nitrogens with zero attached hydrogens (tertiary/aromatic N) is 2. The van der Waals surface area contributed by atoms with Gasteiger partial charge in [-0.2, -0.15) is 0 Å². The Morgan fingerprint density at radius 1 is 1.14 bits per heavy atom. The van der Waals surface area contributed by atoms with E-state index in [-0.39, 0.29) is 24.7 Å². The molecule has 2 fully saturated rings. The van der Waals surface area contributed by atoms with Crippen LogP contribution in [0.3, 0.4) is 0 Å². The van der Waals surface area contributed by atoms with E-state index in [1.807, 2.05) is 42.5 Å². The topological polar surface area (TPSA) is 89.0 Å². The molecule has 1 N–H and O–H groups in total. The predicted molar refractivity (Wildman–Crippen MR) is 107 cm³/mol. The summed E-state index contributed by atoms with van der Waals surface area (Å²) < 4.78 is 11.9. The number of ether oxygens (including phenoxy) is 2. The Bertz CT molecular complexity index is 889. The highest BCUT2D eigenvalue weighted by atomic mass is 79.9. The molecule has 8 heteroatoms. The molecular formula is C21H21BrN2O5. The summed E-state index contributed by atoms with van der Waals surface area (Å²) in [4.78, 5) is 29.3. The third kappa shape index (κ3) is 4.13. The minimum Gasteiger partial charge on any atom is -0.480 e. The van der Waals surface area contributed by atoms with Gasteiger partial charge in [-0.15, -0.1) is 0 Å². The number of rotatable bonds is 6. The lowest BCUT2D eigenvalue weighted by molar-refractivity contribution is -0.219. The van der Waals surface area contributed by atoms with Gasteiger partial charge < -0.3 is 19.5 Å². The molecule has 1 saturated carbocycles. The molecule has 1 spiro atoms. The van der Waals surface area contributed by atoms with Gasteiger partial charge >= 0.3 is 12.1 Å². The van der Waals surface area contributed by atoms with Crippen molar-refractivity contribution in [1.29, 1.82) is 0 Å². The van der Waals surface area contributed by atoms with E-state index < -0.39 is 11.6 Å². The van der Waals surface area contributed by atoms with E-state index in [0.717, 1.165) is 11.1 Å². The fourth-order valence-corrected chi connectivity index (χ4v) is 4.56. The van der Waals surface area contributed by atoms with Crippen LogP contribution in [0, 0.1) is 5.41 Å². The van der Waals surface area contributed by atoms with Gasteiger partial charge in [0.2, 0.25) is 0 Å². The number of hydrogen-bond donors (Lipinski definition) is 1. The number of aromatic nitrogens is 1. The van der Waals surface area contributed by atoms with Crippen molar-refractivity contribution in [2.45, 2.75) is 25.0 Å². The molecular weight excluding hydrogens is 440 g/mol. The van der Waals surface area contributed by atoms with Crippen LogP contribution in [0.4, 0.5) is 4.79 Å². The molecule has 7 nitrogen and oxygen atoms in total. The van der Waals surface area contributed by atoms with Gasteiger partial charge in [0.05, 0.1) is 5.60 Å². The number of hydrogen-bond acceptors (Lipinski definition) is 5. The van der Waals surface area contributed by atoms with E-state index in [9.17, 15) is 9.59 Å². The van der Waals surface area contributed by atoms with Crippen LogP contribution >= 0.6 is 15.9 Å². The molecule has 1 aliphatic heterocycles. The van der Waals surface area contributed by atoms with Crippen molar-refractivity contribution in [2.24, 2.45) is 5.41 Å². The van der Waals surface area contributed by atoms with Gasteiger partial charge in [0.15, 0.2) is 0 Å². The van der Waals surface area contributed by atoms with E-state index in [1.54, 1.807) is 11.1 Å². The summed E-state index contributed by atoms with van der Waals surface area (Å²) >= 11 is 3.31. The van der Waals surface area contributed by atoms with Crippen molar-refractivity contribution in [3.05, 3.63) is 64.4 Å². The third-order valence-corrected chi connectivity index (χ3v) is 6.03. The first-order chi connectivity index (χ1) is 13.9. The van der Waals surface area contributed by atoms with Crippen LogP contribution in [0.1, 0.15) is 24.0 Å². The van der Waals surface area contributed by atoms with Crippen LogP contribution < -0.4 is 0 Å². The smallest absolute Gasteiger partial charge is 0.410 e. The summed E-state index contributed by atoms with van der Waals surface area (Å²) in [6, 6.07) is 13.3. The van der Waals surface area contributed by atoms with Crippen molar-refractivity contribution in [2.75, 3.05) is 19.7 Å². The Labute approximate surface area is 176 Å². The second kappa shape index (κ2) is 7.76. The number of carboxylic acids is 1. The predicted octanol–water partition coefficient (Wildman–Crippen LogP) is 3.57. The number of carboxylic acid groups (broad SMARTS) is 1. The summed E-state index contributed by atoms with van der Waals surface area (Å²) in [7, 11) is 0. The Balaban J connectivity index is 1.35. The van der Waals surface area contributed by atoms with Crippen molar-refractivity contribution in [1.82, 2.24) is 9.88 Å². The summed E-state index contributed by atoms with van der Waals surface area (Å²) in [5, 5.41) is 9.04. The normalized spacial score (nSPS) is 18.6. The highest BCUT2D eigenvalue weighted by molar-refractivity contribution is 9.10. The molecule has 0 radical (unpaired) electrons. The van der Waals surface area contributed by atoms with Gasteiger partial charge in [-0.05, 0) is 40.4 Å². The van der Waals surface area contributed by atoms with Crippen LogP contribution in [0.25, 0.3) is 0 Å². The highest BCUT2D eigenvalue weighted by Gasteiger charge is 2.62. The number of likely N-dealkylation sites (tertiary alicyclic amines) is 1. The molecule has 29 heavy (non-hydrogen) atoms.